The molecule has 0 fully saturated rings. The summed E-state index contributed by atoms with van der Waals surface area (Å²) in [4.78, 5) is 21.7. The Morgan fingerprint density at radius 2 is 2.00 bits per heavy atom. The fourth-order valence-electron chi connectivity index (χ4n) is 1.42. The molecule has 0 radical (unpaired) electrons. The van der Waals surface area contributed by atoms with Crippen molar-refractivity contribution < 1.29 is 23.8 Å². The largest absolute Gasteiger partial charge is 0.481 e. The zero-order chi connectivity index (χ0) is 14.1. The topological polar surface area (TPSA) is 75.6 Å². The van der Waals surface area contributed by atoms with Gasteiger partial charge in [0, 0.05) is 6.42 Å². The fraction of sp³-hybridized carbons (Fsp3) is 0.385. The smallest absolute Gasteiger partial charge is 0.407 e. The number of alkyl carbamates (subject to hydrolysis) is 1. The molecule has 2 N–H and O–H groups in total. The normalized spacial score (nSPS) is 11.6. The van der Waals surface area contributed by atoms with Crippen LogP contribution in [-0.2, 0) is 16.1 Å². The van der Waals surface area contributed by atoms with Crippen molar-refractivity contribution in [3.05, 3.63) is 35.9 Å². The number of benzene rings is 1. The molecule has 104 valence electrons. The highest BCUT2D eigenvalue weighted by molar-refractivity contribution is 5.68. The van der Waals surface area contributed by atoms with Gasteiger partial charge in [-0.25, -0.2) is 9.18 Å². The molecule has 0 aliphatic heterocycles. The first-order valence-corrected chi connectivity index (χ1v) is 5.86. The van der Waals surface area contributed by atoms with Gasteiger partial charge in [0.1, 0.15) is 13.3 Å². The predicted molar refractivity (Wildman–Crippen MR) is 66.4 cm³/mol. The van der Waals surface area contributed by atoms with Gasteiger partial charge in [-0.05, 0) is 12.0 Å². The van der Waals surface area contributed by atoms with Crippen molar-refractivity contribution in [2.45, 2.75) is 25.5 Å². The minimum atomic E-state index is -1.03. The van der Waals surface area contributed by atoms with E-state index in [1.54, 1.807) is 12.1 Å². The van der Waals surface area contributed by atoms with Crippen molar-refractivity contribution in [2.75, 3.05) is 6.67 Å². The number of carbonyl (C=O) groups excluding carboxylic acids is 1. The number of alkyl halides is 1. The summed E-state index contributed by atoms with van der Waals surface area (Å²) in [5, 5.41) is 10.8. The van der Waals surface area contributed by atoms with Gasteiger partial charge in [0.2, 0.25) is 0 Å². The van der Waals surface area contributed by atoms with Gasteiger partial charge in [-0.1, -0.05) is 30.3 Å². The molecule has 1 amide bonds. The number of hydrogen-bond acceptors (Lipinski definition) is 3. The third-order valence-electron chi connectivity index (χ3n) is 2.43. The Labute approximate surface area is 110 Å². The Bertz CT molecular complexity index is 410. The van der Waals surface area contributed by atoms with E-state index >= 15 is 0 Å². The Kier molecular flexibility index (Phi) is 6.35. The van der Waals surface area contributed by atoms with E-state index in [1.807, 2.05) is 18.2 Å². The number of rotatable bonds is 7. The van der Waals surface area contributed by atoms with Crippen molar-refractivity contribution in [3.63, 3.8) is 0 Å². The van der Waals surface area contributed by atoms with Crippen molar-refractivity contribution in [1.29, 1.82) is 0 Å². The van der Waals surface area contributed by atoms with E-state index in [-0.39, 0.29) is 19.4 Å². The van der Waals surface area contributed by atoms with Crippen LogP contribution in [0.2, 0.25) is 0 Å². The number of carboxylic acids is 1. The first-order valence-electron chi connectivity index (χ1n) is 5.86. The second-order valence-corrected chi connectivity index (χ2v) is 3.99. The molecule has 0 heterocycles. The van der Waals surface area contributed by atoms with Crippen LogP contribution in [0.15, 0.2) is 30.3 Å². The van der Waals surface area contributed by atoms with E-state index in [1.165, 1.54) is 0 Å². The summed E-state index contributed by atoms with van der Waals surface area (Å²) in [6, 6.07) is 8.23. The standard InChI is InChI=1S/C13H16FNO4/c14-8-11(6-7-12(16)17)15-13(18)19-9-10-4-2-1-3-5-10/h1-5,11H,6-9H2,(H,15,18)(H,16,17). The molecule has 1 atom stereocenters. The van der Waals surface area contributed by atoms with Crippen LogP contribution in [0.5, 0.6) is 0 Å². The number of carbonyl (C=O) groups is 2. The number of halogens is 1. The molecule has 0 aliphatic rings. The highest BCUT2D eigenvalue weighted by Crippen LogP contribution is 2.02. The first-order chi connectivity index (χ1) is 9.11. The summed E-state index contributed by atoms with van der Waals surface area (Å²) in [6.45, 7) is -0.738. The Morgan fingerprint density at radius 1 is 1.32 bits per heavy atom. The Hall–Kier alpha value is -2.11. The second-order valence-electron chi connectivity index (χ2n) is 3.99. The maximum Gasteiger partial charge on any atom is 0.407 e. The molecule has 1 unspecified atom stereocenters. The average molecular weight is 269 g/mol. The van der Waals surface area contributed by atoms with Gasteiger partial charge in [0.25, 0.3) is 0 Å². The zero-order valence-electron chi connectivity index (χ0n) is 10.3. The zero-order valence-corrected chi connectivity index (χ0v) is 10.3. The van der Waals surface area contributed by atoms with E-state index in [2.05, 4.69) is 5.32 Å². The molecule has 1 aromatic carbocycles. The van der Waals surface area contributed by atoms with Crippen molar-refractivity contribution >= 4 is 12.1 Å². The van der Waals surface area contributed by atoms with E-state index in [9.17, 15) is 14.0 Å². The molecule has 6 heteroatoms. The molecule has 0 spiro atoms. The SMILES string of the molecule is O=C(O)CCC(CF)NC(=O)OCc1ccccc1. The van der Waals surface area contributed by atoms with E-state index in [4.69, 9.17) is 9.84 Å². The number of aliphatic carboxylic acids is 1. The monoisotopic (exact) mass is 269 g/mol. The van der Waals surface area contributed by atoms with E-state index in [0.717, 1.165) is 5.56 Å². The summed E-state index contributed by atoms with van der Waals surface area (Å²) in [5.74, 6) is -1.03. The molecular formula is C13H16FNO4. The van der Waals surface area contributed by atoms with Gasteiger partial charge >= 0.3 is 12.1 Å². The summed E-state index contributed by atoms with van der Waals surface area (Å²) < 4.78 is 17.5. The third kappa shape index (κ3) is 6.40. The van der Waals surface area contributed by atoms with Crippen molar-refractivity contribution in [1.82, 2.24) is 5.32 Å². The van der Waals surface area contributed by atoms with Gasteiger partial charge in [0.05, 0.1) is 6.04 Å². The van der Waals surface area contributed by atoms with Crippen LogP contribution in [0.3, 0.4) is 0 Å². The third-order valence-corrected chi connectivity index (χ3v) is 2.43. The molecular weight excluding hydrogens is 253 g/mol. The van der Waals surface area contributed by atoms with Crippen LogP contribution in [0, 0.1) is 0 Å². The van der Waals surface area contributed by atoms with Crippen molar-refractivity contribution in [3.8, 4) is 0 Å². The Balaban J connectivity index is 2.30. The summed E-state index contributed by atoms with van der Waals surface area (Å²) in [5.41, 5.74) is 0.819. The van der Waals surface area contributed by atoms with Crippen LogP contribution < -0.4 is 5.32 Å². The van der Waals surface area contributed by atoms with Gasteiger partial charge < -0.3 is 15.2 Å². The van der Waals surface area contributed by atoms with Crippen LogP contribution in [0.4, 0.5) is 9.18 Å². The van der Waals surface area contributed by atoms with Gasteiger partial charge in [-0.3, -0.25) is 4.79 Å². The van der Waals surface area contributed by atoms with Gasteiger partial charge in [-0.15, -0.1) is 0 Å². The molecule has 1 rings (SSSR count). The highest BCUT2D eigenvalue weighted by atomic mass is 19.1. The number of nitrogens with one attached hydrogen (secondary N) is 1. The molecule has 5 nitrogen and oxygen atoms in total. The van der Waals surface area contributed by atoms with Crippen LogP contribution in [0.1, 0.15) is 18.4 Å². The quantitative estimate of drug-likeness (QED) is 0.795. The summed E-state index contributed by atoms with van der Waals surface area (Å²) >= 11 is 0. The molecule has 0 aromatic heterocycles. The molecule has 1 aromatic rings. The Morgan fingerprint density at radius 3 is 2.58 bits per heavy atom. The molecule has 19 heavy (non-hydrogen) atoms. The highest BCUT2D eigenvalue weighted by Gasteiger charge is 2.14. The van der Waals surface area contributed by atoms with Crippen LogP contribution in [0.25, 0.3) is 0 Å². The lowest BCUT2D eigenvalue weighted by molar-refractivity contribution is -0.137. The number of ether oxygens (including phenoxy) is 1. The second kappa shape index (κ2) is 8.07. The maximum atomic E-state index is 12.6. The number of hydrogen-bond donors (Lipinski definition) is 2. The van der Waals surface area contributed by atoms with E-state index < -0.39 is 24.8 Å². The fourth-order valence-corrected chi connectivity index (χ4v) is 1.42. The molecule has 0 saturated heterocycles. The first kappa shape index (κ1) is 14.9. The molecule has 0 saturated carbocycles. The lowest BCUT2D eigenvalue weighted by Crippen LogP contribution is -2.37. The van der Waals surface area contributed by atoms with Gasteiger partial charge in [0.15, 0.2) is 0 Å². The summed E-state index contributed by atoms with van der Waals surface area (Å²) in [7, 11) is 0. The van der Waals surface area contributed by atoms with Crippen LogP contribution in [-0.4, -0.2) is 29.9 Å². The van der Waals surface area contributed by atoms with Crippen LogP contribution >= 0.6 is 0 Å². The van der Waals surface area contributed by atoms with E-state index in [0.29, 0.717) is 0 Å². The predicted octanol–water partition coefficient (Wildman–Crippen LogP) is 2.12. The minimum Gasteiger partial charge on any atom is -0.481 e. The maximum absolute atomic E-state index is 12.6. The number of carboxylic acid groups (broad SMARTS) is 1. The molecule has 0 bridgehead atoms. The van der Waals surface area contributed by atoms with Crippen molar-refractivity contribution in [2.24, 2.45) is 0 Å². The van der Waals surface area contributed by atoms with Gasteiger partial charge in [-0.2, -0.15) is 0 Å². The average Bonchev–Trinajstić information content (AvgIpc) is 2.42. The molecule has 0 aliphatic carbocycles. The lowest BCUT2D eigenvalue weighted by Gasteiger charge is -2.14. The lowest BCUT2D eigenvalue weighted by atomic mass is 10.2. The summed E-state index contributed by atoms with van der Waals surface area (Å²) in [6.07, 6.45) is -0.920. The minimum absolute atomic E-state index is 0.0340. The number of amides is 1.